The predicted molar refractivity (Wildman–Crippen MR) is 87.5 cm³/mol. The first-order valence-corrected chi connectivity index (χ1v) is 7.37. The summed E-state index contributed by atoms with van der Waals surface area (Å²) >= 11 is 10.9. The molecule has 0 fully saturated rings. The third-order valence-corrected chi connectivity index (χ3v) is 3.38. The Hall–Kier alpha value is -2.13. The number of rotatable bonds is 4. The molecule has 0 bridgehead atoms. The van der Waals surface area contributed by atoms with Crippen LogP contribution < -0.4 is 10.1 Å². The third kappa shape index (κ3) is 4.24. The van der Waals surface area contributed by atoms with E-state index in [1.165, 1.54) is 4.68 Å². The van der Waals surface area contributed by atoms with Gasteiger partial charge in [-0.2, -0.15) is 13.2 Å². The van der Waals surface area contributed by atoms with Gasteiger partial charge in [0.25, 0.3) is 0 Å². The van der Waals surface area contributed by atoms with Gasteiger partial charge in [0.1, 0.15) is 5.02 Å². The number of aryl methyl sites for hydroxylation is 1. The molecule has 10 heteroatoms. The molecule has 0 unspecified atom stereocenters. The van der Waals surface area contributed by atoms with Crippen molar-refractivity contribution in [2.24, 2.45) is 0 Å². The molecule has 0 aliphatic carbocycles. The molecule has 2 aromatic rings. The highest BCUT2D eigenvalue weighted by molar-refractivity contribution is 7.80. The number of ether oxygens (including phenoxy) is 1. The first kappa shape index (κ1) is 18.2. The van der Waals surface area contributed by atoms with Gasteiger partial charge in [0.05, 0.1) is 5.56 Å². The summed E-state index contributed by atoms with van der Waals surface area (Å²) in [6.45, 7) is 5.76. The second kappa shape index (κ2) is 7.18. The lowest BCUT2D eigenvalue weighted by atomic mass is 10.3. The Morgan fingerprint density at radius 1 is 1.50 bits per heavy atom. The lowest BCUT2D eigenvalue weighted by Crippen LogP contribution is -2.29. The summed E-state index contributed by atoms with van der Waals surface area (Å²) in [5.74, 6) is -0.0799. The molecule has 0 aliphatic heterocycles. The van der Waals surface area contributed by atoms with Gasteiger partial charge >= 0.3 is 6.18 Å². The molecule has 24 heavy (non-hydrogen) atoms. The predicted octanol–water partition coefficient (Wildman–Crippen LogP) is 3.96. The maximum atomic E-state index is 12.6. The van der Waals surface area contributed by atoms with E-state index in [2.05, 4.69) is 22.0 Å². The highest BCUT2D eigenvalue weighted by Crippen LogP contribution is 2.34. The summed E-state index contributed by atoms with van der Waals surface area (Å²) in [5.41, 5.74) is -0.300. The monoisotopic (exact) mass is 376 g/mol. The van der Waals surface area contributed by atoms with Crippen LogP contribution in [0.15, 0.2) is 31.0 Å². The fraction of sp³-hybridized carbons (Fsp3) is 0.214. The lowest BCUT2D eigenvalue weighted by Gasteiger charge is -2.09. The molecule has 2 rings (SSSR count). The first-order valence-electron chi connectivity index (χ1n) is 6.58. The topological polar surface area (TPSA) is 52.0 Å². The zero-order valence-corrected chi connectivity index (χ0v) is 14.0. The van der Waals surface area contributed by atoms with Crippen LogP contribution in [-0.4, -0.2) is 26.4 Å². The molecule has 5 nitrogen and oxygen atoms in total. The molecule has 128 valence electrons. The average Bonchev–Trinajstić information content (AvgIpc) is 2.86. The zero-order chi connectivity index (χ0) is 17.9. The van der Waals surface area contributed by atoms with Crippen molar-refractivity contribution >= 4 is 28.9 Å². The normalized spacial score (nSPS) is 11.2. The largest absolute Gasteiger partial charge is 0.417 e. The van der Waals surface area contributed by atoms with Crippen LogP contribution in [0.2, 0.25) is 5.02 Å². The van der Waals surface area contributed by atoms with Gasteiger partial charge in [-0.15, -0.1) is 11.7 Å². The average molecular weight is 377 g/mol. The molecule has 1 N–H and O–H groups in total. The minimum absolute atomic E-state index is 0.101. The molecule has 0 radical (unpaired) electrons. The summed E-state index contributed by atoms with van der Waals surface area (Å²) in [7, 11) is 0. The molecule has 0 atom stereocenters. The van der Waals surface area contributed by atoms with E-state index in [1.54, 1.807) is 19.1 Å². The van der Waals surface area contributed by atoms with Crippen molar-refractivity contribution in [1.82, 2.24) is 20.1 Å². The number of hydrogen-bond acceptors (Lipinski definition) is 4. The van der Waals surface area contributed by atoms with Crippen LogP contribution >= 0.6 is 23.8 Å². The maximum absolute atomic E-state index is 12.6. The van der Waals surface area contributed by atoms with Crippen molar-refractivity contribution in [1.29, 1.82) is 0 Å². The molecular formula is C14H12ClF3N4OS. The Balaban J connectivity index is 2.20. The van der Waals surface area contributed by atoms with Gasteiger partial charge in [-0.1, -0.05) is 17.7 Å². The van der Waals surface area contributed by atoms with E-state index in [4.69, 9.17) is 28.6 Å². The highest BCUT2D eigenvalue weighted by Gasteiger charge is 2.31. The molecule has 0 amide bonds. The maximum Gasteiger partial charge on any atom is 0.417 e. The lowest BCUT2D eigenvalue weighted by molar-refractivity contribution is -0.137. The second-order valence-corrected chi connectivity index (χ2v) is 5.42. The number of thiocarbonyl (C=S) groups is 1. The van der Waals surface area contributed by atoms with Crippen molar-refractivity contribution in [3.05, 3.63) is 47.3 Å². The van der Waals surface area contributed by atoms with E-state index in [1.807, 2.05) is 0 Å². The number of aromatic nitrogens is 3. The van der Waals surface area contributed by atoms with Gasteiger partial charge < -0.3 is 10.1 Å². The smallest absolute Gasteiger partial charge is 0.417 e. The van der Waals surface area contributed by atoms with Crippen molar-refractivity contribution in [3.8, 4) is 11.8 Å². The molecule has 0 spiro atoms. The molecule has 0 saturated carbocycles. The van der Waals surface area contributed by atoms with Crippen LogP contribution in [0.4, 0.5) is 13.2 Å². The van der Waals surface area contributed by atoms with Gasteiger partial charge in [0.15, 0.2) is 5.11 Å². The summed E-state index contributed by atoms with van der Waals surface area (Å²) in [6.07, 6.45) is -2.26. The Morgan fingerprint density at radius 3 is 2.79 bits per heavy atom. The van der Waals surface area contributed by atoms with Gasteiger partial charge in [-0.05, 0) is 25.2 Å². The van der Waals surface area contributed by atoms with Crippen molar-refractivity contribution < 1.29 is 17.9 Å². The van der Waals surface area contributed by atoms with Crippen LogP contribution in [-0.2, 0) is 6.18 Å². The summed E-state index contributed by atoms with van der Waals surface area (Å²) in [4.78, 5) is 3.59. The standard InChI is InChI=1S/C14H12ClF3N4OS/c1-3-4-19-13(24)22-8(2)5-11(21-22)23-12-10(15)6-9(7-20-12)14(16,17)18/h3,5-7H,1,4H2,2H3,(H,19,24). The summed E-state index contributed by atoms with van der Waals surface area (Å²) < 4.78 is 44.5. The molecule has 2 aromatic heterocycles. The molecule has 0 aromatic carbocycles. The van der Waals surface area contributed by atoms with E-state index in [-0.39, 0.29) is 16.8 Å². The van der Waals surface area contributed by atoms with E-state index in [0.29, 0.717) is 23.5 Å². The Bertz CT molecular complexity index is 776. The SMILES string of the molecule is C=CCNC(=S)n1nc(Oc2ncc(C(F)(F)F)cc2Cl)cc1C. The first-order chi connectivity index (χ1) is 11.2. The van der Waals surface area contributed by atoms with Crippen LogP contribution in [0.5, 0.6) is 11.8 Å². The number of nitrogens with one attached hydrogen (secondary N) is 1. The minimum Gasteiger partial charge on any atom is -0.417 e. The Kier molecular flexibility index (Phi) is 5.45. The van der Waals surface area contributed by atoms with Crippen LogP contribution in [0.3, 0.4) is 0 Å². The Morgan fingerprint density at radius 2 is 2.21 bits per heavy atom. The van der Waals surface area contributed by atoms with E-state index in [0.717, 1.165) is 6.07 Å². The van der Waals surface area contributed by atoms with Gasteiger partial charge in [-0.3, -0.25) is 0 Å². The van der Waals surface area contributed by atoms with E-state index in [9.17, 15) is 13.2 Å². The fourth-order valence-electron chi connectivity index (χ4n) is 1.69. The van der Waals surface area contributed by atoms with Crippen molar-refractivity contribution in [2.75, 3.05) is 6.54 Å². The fourth-order valence-corrected chi connectivity index (χ4v) is 2.16. The van der Waals surface area contributed by atoms with Crippen molar-refractivity contribution in [2.45, 2.75) is 13.1 Å². The number of halogens is 4. The third-order valence-electron chi connectivity index (χ3n) is 2.79. The minimum atomic E-state index is -4.53. The number of nitrogens with zero attached hydrogens (tertiary/aromatic N) is 3. The Labute approximate surface area is 146 Å². The van der Waals surface area contributed by atoms with Crippen LogP contribution in [0.25, 0.3) is 0 Å². The number of pyridine rings is 1. The van der Waals surface area contributed by atoms with Crippen molar-refractivity contribution in [3.63, 3.8) is 0 Å². The molecule has 0 saturated heterocycles. The van der Waals surface area contributed by atoms with Crippen LogP contribution in [0, 0.1) is 6.92 Å². The summed E-state index contributed by atoms with van der Waals surface area (Å²) in [6, 6.07) is 2.29. The number of hydrogen-bond donors (Lipinski definition) is 1. The van der Waals surface area contributed by atoms with Crippen LogP contribution in [0.1, 0.15) is 11.3 Å². The molecular weight excluding hydrogens is 365 g/mol. The van der Waals surface area contributed by atoms with Gasteiger partial charge in [0.2, 0.25) is 11.8 Å². The molecule has 2 heterocycles. The van der Waals surface area contributed by atoms with E-state index >= 15 is 0 Å². The summed E-state index contributed by atoms with van der Waals surface area (Å²) in [5, 5.41) is 7.05. The van der Waals surface area contributed by atoms with Gasteiger partial charge in [-0.25, -0.2) is 9.67 Å². The van der Waals surface area contributed by atoms with Gasteiger partial charge in [0, 0.05) is 24.5 Å². The van der Waals surface area contributed by atoms with E-state index < -0.39 is 11.7 Å². The second-order valence-electron chi connectivity index (χ2n) is 4.62. The number of alkyl halides is 3. The zero-order valence-electron chi connectivity index (χ0n) is 12.4. The highest BCUT2D eigenvalue weighted by atomic mass is 35.5. The molecule has 0 aliphatic rings. The quantitative estimate of drug-likeness (QED) is 0.646.